The first-order valence-corrected chi connectivity index (χ1v) is 11.0. The SMILES string of the molecule is CC[C@@H]1S[C@@H](c2cc(OC)ccc2OC)N(CCCN(C)C(=O)NC(C)C)C1=O. The maximum atomic E-state index is 13.0. The van der Waals surface area contributed by atoms with Crippen molar-refractivity contribution in [1.29, 1.82) is 0 Å². The molecule has 1 N–H and O–H groups in total. The standard InChI is InChI=1S/C21H33N3O4S/c1-7-18-19(25)24(12-8-11-23(4)21(26)22-14(2)3)20(29-18)16-13-15(27-5)9-10-17(16)28-6/h9-10,13-14,18,20H,7-8,11-12H2,1-6H3,(H,22,26)/t18-,20-/m0/s1. The Hall–Kier alpha value is -2.09. The van der Waals surface area contributed by atoms with E-state index < -0.39 is 0 Å². The molecule has 0 aromatic heterocycles. The number of thioether (sulfide) groups is 1. The molecule has 0 aliphatic carbocycles. The highest BCUT2D eigenvalue weighted by Crippen LogP contribution is 2.47. The first kappa shape index (κ1) is 23.2. The summed E-state index contributed by atoms with van der Waals surface area (Å²) in [6.45, 7) is 7.05. The molecule has 7 nitrogen and oxygen atoms in total. The zero-order chi connectivity index (χ0) is 21.6. The molecule has 1 saturated heterocycles. The molecule has 2 rings (SSSR count). The minimum Gasteiger partial charge on any atom is -0.497 e. The lowest BCUT2D eigenvalue weighted by molar-refractivity contribution is -0.130. The van der Waals surface area contributed by atoms with Crippen molar-refractivity contribution in [2.45, 2.75) is 50.3 Å². The van der Waals surface area contributed by atoms with E-state index in [4.69, 9.17) is 9.47 Å². The van der Waals surface area contributed by atoms with Gasteiger partial charge in [-0.1, -0.05) is 6.92 Å². The van der Waals surface area contributed by atoms with Gasteiger partial charge in [0, 0.05) is 31.7 Å². The van der Waals surface area contributed by atoms with Crippen LogP contribution >= 0.6 is 11.8 Å². The van der Waals surface area contributed by atoms with Crippen molar-refractivity contribution in [3.05, 3.63) is 23.8 Å². The van der Waals surface area contributed by atoms with Gasteiger partial charge in [-0.2, -0.15) is 0 Å². The minimum absolute atomic E-state index is 0.0714. The van der Waals surface area contributed by atoms with Gasteiger partial charge in [-0.3, -0.25) is 4.79 Å². The lowest BCUT2D eigenvalue weighted by Crippen LogP contribution is -2.42. The molecule has 0 spiro atoms. The number of hydrogen-bond acceptors (Lipinski definition) is 5. The number of nitrogens with one attached hydrogen (secondary N) is 1. The molecular formula is C21H33N3O4S. The zero-order valence-electron chi connectivity index (χ0n) is 18.2. The van der Waals surface area contributed by atoms with E-state index in [-0.39, 0.29) is 28.6 Å². The number of nitrogens with zero attached hydrogens (tertiary/aromatic N) is 2. The van der Waals surface area contributed by atoms with E-state index in [1.54, 1.807) is 37.9 Å². The normalized spacial score (nSPS) is 18.9. The number of benzene rings is 1. The summed E-state index contributed by atoms with van der Waals surface area (Å²) < 4.78 is 10.9. The molecule has 1 aromatic carbocycles. The predicted molar refractivity (Wildman–Crippen MR) is 117 cm³/mol. The molecule has 0 radical (unpaired) electrons. The fraction of sp³-hybridized carbons (Fsp3) is 0.619. The van der Waals surface area contributed by atoms with Crippen molar-refractivity contribution in [2.24, 2.45) is 0 Å². The van der Waals surface area contributed by atoms with Crippen molar-refractivity contribution in [1.82, 2.24) is 15.1 Å². The van der Waals surface area contributed by atoms with Crippen LogP contribution in [0.3, 0.4) is 0 Å². The second-order valence-electron chi connectivity index (χ2n) is 7.40. The Kier molecular flexibility index (Phi) is 8.49. The van der Waals surface area contributed by atoms with E-state index in [1.165, 1.54) is 0 Å². The van der Waals surface area contributed by atoms with Crippen molar-refractivity contribution in [3.8, 4) is 11.5 Å². The summed E-state index contributed by atoms with van der Waals surface area (Å²) in [5.74, 6) is 1.62. The first-order valence-electron chi connectivity index (χ1n) is 10.0. The highest BCUT2D eigenvalue weighted by Gasteiger charge is 2.41. The van der Waals surface area contributed by atoms with Gasteiger partial charge in [-0.05, 0) is 44.9 Å². The number of amides is 3. The number of ether oxygens (including phenoxy) is 2. The third-order valence-electron chi connectivity index (χ3n) is 4.86. The van der Waals surface area contributed by atoms with Gasteiger partial charge in [0.05, 0.1) is 19.5 Å². The van der Waals surface area contributed by atoms with Crippen LogP contribution in [0.1, 0.15) is 44.6 Å². The van der Waals surface area contributed by atoms with E-state index in [2.05, 4.69) is 5.32 Å². The van der Waals surface area contributed by atoms with Crippen LogP contribution in [-0.2, 0) is 4.79 Å². The molecule has 0 unspecified atom stereocenters. The second-order valence-corrected chi connectivity index (χ2v) is 8.69. The summed E-state index contributed by atoms with van der Waals surface area (Å²) in [5.41, 5.74) is 0.937. The maximum Gasteiger partial charge on any atom is 0.317 e. The minimum atomic E-state index is -0.132. The average molecular weight is 424 g/mol. The van der Waals surface area contributed by atoms with Crippen molar-refractivity contribution in [2.75, 3.05) is 34.4 Å². The molecular weight excluding hydrogens is 390 g/mol. The Bertz CT molecular complexity index is 713. The van der Waals surface area contributed by atoms with E-state index >= 15 is 0 Å². The largest absolute Gasteiger partial charge is 0.497 e. The Labute approximate surface area is 178 Å². The molecule has 1 aliphatic heterocycles. The van der Waals surface area contributed by atoms with Gasteiger partial charge >= 0.3 is 6.03 Å². The molecule has 1 heterocycles. The Morgan fingerprint density at radius 3 is 2.62 bits per heavy atom. The highest BCUT2D eigenvalue weighted by molar-refractivity contribution is 8.01. The lowest BCUT2D eigenvalue weighted by atomic mass is 10.1. The third kappa shape index (κ3) is 5.72. The van der Waals surface area contributed by atoms with Crippen molar-refractivity contribution < 1.29 is 19.1 Å². The number of hydrogen-bond donors (Lipinski definition) is 1. The monoisotopic (exact) mass is 423 g/mol. The number of carbonyl (C=O) groups is 2. The third-order valence-corrected chi connectivity index (χ3v) is 6.49. The molecule has 3 amide bonds. The topological polar surface area (TPSA) is 71.1 Å². The number of urea groups is 1. The van der Waals surface area contributed by atoms with Crippen LogP contribution in [0.2, 0.25) is 0 Å². The summed E-state index contributed by atoms with van der Waals surface area (Å²) in [6, 6.07) is 5.67. The molecule has 1 aromatic rings. The van der Waals surface area contributed by atoms with Crippen LogP contribution in [0, 0.1) is 0 Å². The van der Waals surface area contributed by atoms with E-state index in [0.717, 1.165) is 23.5 Å². The smallest absolute Gasteiger partial charge is 0.317 e. The fourth-order valence-electron chi connectivity index (χ4n) is 3.30. The molecule has 0 bridgehead atoms. The highest BCUT2D eigenvalue weighted by atomic mass is 32.2. The Morgan fingerprint density at radius 2 is 2.03 bits per heavy atom. The summed E-state index contributed by atoms with van der Waals surface area (Å²) in [4.78, 5) is 28.6. The van der Waals surface area contributed by atoms with Crippen LogP contribution in [0.25, 0.3) is 0 Å². The van der Waals surface area contributed by atoms with Crippen LogP contribution in [0.4, 0.5) is 4.79 Å². The van der Waals surface area contributed by atoms with Crippen LogP contribution in [-0.4, -0.2) is 67.4 Å². The van der Waals surface area contributed by atoms with Gasteiger partial charge in [0.1, 0.15) is 16.9 Å². The van der Waals surface area contributed by atoms with E-state index in [9.17, 15) is 9.59 Å². The lowest BCUT2D eigenvalue weighted by Gasteiger charge is -2.27. The molecule has 8 heteroatoms. The average Bonchev–Trinajstić information content (AvgIpc) is 3.02. The summed E-state index contributed by atoms with van der Waals surface area (Å²) in [6.07, 6.45) is 1.48. The number of rotatable bonds is 9. The van der Waals surface area contributed by atoms with E-state index in [0.29, 0.717) is 19.5 Å². The van der Waals surface area contributed by atoms with Gasteiger partial charge in [0.2, 0.25) is 5.91 Å². The molecule has 1 fully saturated rings. The van der Waals surface area contributed by atoms with Gasteiger partial charge in [0.15, 0.2) is 0 Å². The zero-order valence-corrected chi connectivity index (χ0v) is 19.0. The summed E-state index contributed by atoms with van der Waals surface area (Å²) in [7, 11) is 5.04. The van der Waals surface area contributed by atoms with Gasteiger partial charge in [0.25, 0.3) is 0 Å². The molecule has 162 valence electrons. The molecule has 2 atom stereocenters. The van der Waals surface area contributed by atoms with Gasteiger partial charge in [-0.25, -0.2) is 4.79 Å². The van der Waals surface area contributed by atoms with Gasteiger partial charge < -0.3 is 24.6 Å². The Morgan fingerprint density at radius 1 is 1.31 bits per heavy atom. The van der Waals surface area contributed by atoms with Crippen molar-refractivity contribution >= 4 is 23.7 Å². The van der Waals surface area contributed by atoms with Crippen LogP contribution in [0.5, 0.6) is 11.5 Å². The quantitative estimate of drug-likeness (QED) is 0.658. The van der Waals surface area contributed by atoms with Crippen molar-refractivity contribution in [3.63, 3.8) is 0 Å². The first-order chi connectivity index (χ1) is 13.8. The Balaban J connectivity index is 2.14. The summed E-state index contributed by atoms with van der Waals surface area (Å²) in [5, 5.41) is 2.68. The van der Waals surface area contributed by atoms with E-state index in [1.807, 2.05) is 43.9 Å². The molecule has 29 heavy (non-hydrogen) atoms. The molecule has 0 saturated carbocycles. The fourth-order valence-corrected chi connectivity index (χ4v) is 4.74. The number of carbonyl (C=O) groups excluding carboxylic acids is 2. The number of methoxy groups -OCH3 is 2. The molecule has 1 aliphatic rings. The maximum absolute atomic E-state index is 13.0. The summed E-state index contributed by atoms with van der Waals surface area (Å²) >= 11 is 1.65. The second kappa shape index (κ2) is 10.6. The van der Waals surface area contributed by atoms with Crippen LogP contribution in [0.15, 0.2) is 18.2 Å². The van der Waals surface area contributed by atoms with Crippen LogP contribution < -0.4 is 14.8 Å². The van der Waals surface area contributed by atoms with Gasteiger partial charge in [-0.15, -0.1) is 11.8 Å². The predicted octanol–water partition coefficient (Wildman–Crippen LogP) is 3.50.